The zero-order valence-electron chi connectivity index (χ0n) is 6.78. The van der Waals surface area contributed by atoms with Gasteiger partial charge >= 0.3 is 0 Å². The van der Waals surface area contributed by atoms with Gasteiger partial charge in [0.2, 0.25) is 0 Å². The first kappa shape index (κ1) is 9.67. The number of carbonyl (C=O) groups is 1. The van der Waals surface area contributed by atoms with Crippen molar-refractivity contribution in [3.63, 3.8) is 0 Å². The number of hydrogen-bond donors (Lipinski definition) is 0. The Morgan fingerprint density at radius 1 is 1.54 bits per heavy atom. The number of carbonyl (C=O) groups excluding carboxylic acids is 1. The Balaban J connectivity index is 3.47. The second kappa shape index (κ2) is 3.53. The normalized spacial score (nSPS) is 9.69. The third-order valence-electron chi connectivity index (χ3n) is 1.66. The van der Waals surface area contributed by atoms with E-state index in [1.807, 2.05) is 0 Å². The van der Waals surface area contributed by atoms with E-state index in [2.05, 4.69) is 0 Å². The molecule has 1 aromatic rings. The number of aryl methyl sites for hydroxylation is 1. The third-order valence-corrected chi connectivity index (χ3v) is 2.05. The minimum Gasteiger partial charge on any atom is -0.298 e. The summed E-state index contributed by atoms with van der Waals surface area (Å²) in [4.78, 5) is 20.3. The molecule has 0 aromatic heterocycles. The van der Waals surface area contributed by atoms with Gasteiger partial charge in [0.25, 0.3) is 5.69 Å². The van der Waals surface area contributed by atoms with Gasteiger partial charge in [-0.25, -0.2) is 0 Å². The molecular weight excluding hydrogens is 194 g/mol. The van der Waals surface area contributed by atoms with E-state index >= 15 is 0 Å². The lowest BCUT2D eigenvalue weighted by Gasteiger charge is -2.00. The van der Waals surface area contributed by atoms with Crippen LogP contribution in [0.25, 0.3) is 0 Å². The summed E-state index contributed by atoms with van der Waals surface area (Å²) in [6.07, 6.45) is 0.495. The lowest BCUT2D eigenvalue weighted by molar-refractivity contribution is -0.385. The highest BCUT2D eigenvalue weighted by Gasteiger charge is 2.18. The molecule has 0 radical (unpaired) electrons. The van der Waals surface area contributed by atoms with Crippen LogP contribution in [-0.2, 0) is 0 Å². The molecule has 13 heavy (non-hydrogen) atoms. The van der Waals surface area contributed by atoms with E-state index in [0.29, 0.717) is 11.8 Å². The van der Waals surface area contributed by atoms with Gasteiger partial charge in [-0.3, -0.25) is 14.9 Å². The maximum atomic E-state index is 10.5. The fourth-order valence-electron chi connectivity index (χ4n) is 0.992. The minimum atomic E-state index is -0.593. The fraction of sp³-hybridized carbons (Fsp3) is 0.125. The van der Waals surface area contributed by atoms with Crippen molar-refractivity contribution in [2.24, 2.45) is 0 Å². The van der Waals surface area contributed by atoms with Crippen LogP contribution in [0.3, 0.4) is 0 Å². The van der Waals surface area contributed by atoms with Gasteiger partial charge in [0.05, 0.1) is 4.92 Å². The highest BCUT2D eigenvalue weighted by Crippen LogP contribution is 2.30. The molecule has 1 rings (SSSR count). The molecule has 1 aromatic carbocycles. The molecule has 0 heterocycles. The number of hydrogen-bond acceptors (Lipinski definition) is 3. The first-order chi connectivity index (χ1) is 6.07. The van der Waals surface area contributed by atoms with Crippen LogP contribution < -0.4 is 0 Å². The van der Waals surface area contributed by atoms with Crippen molar-refractivity contribution in [3.8, 4) is 0 Å². The molecule has 0 unspecified atom stereocenters. The number of nitro groups is 1. The van der Waals surface area contributed by atoms with Crippen LogP contribution >= 0.6 is 11.6 Å². The van der Waals surface area contributed by atoms with Gasteiger partial charge in [0, 0.05) is 11.1 Å². The zero-order chi connectivity index (χ0) is 10.0. The molecule has 0 spiro atoms. The van der Waals surface area contributed by atoms with Crippen molar-refractivity contribution >= 4 is 23.6 Å². The number of benzene rings is 1. The van der Waals surface area contributed by atoms with Crippen LogP contribution in [0, 0.1) is 17.0 Å². The topological polar surface area (TPSA) is 60.2 Å². The number of aldehydes is 1. The largest absolute Gasteiger partial charge is 0.298 e. The molecular formula is C8H6ClNO3. The number of rotatable bonds is 2. The lowest BCUT2D eigenvalue weighted by atomic mass is 10.1. The minimum absolute atomic E-state index is 0.0972. The van der Waals surface area contributed by atoms with Crippen molar-refractivity contribution in [3.05, 3.63) is 38.4 Å². The Morgan fingerprint density at radius 3 is 2.62 bits per heavy atom. The molecule has 0 fully saturated rings. The molecule has 0 amide bonds. The summed E-state index contributed by atoms with van der Waals surface area (Å²) < 4.78 is 0. The molecule has 0 N–H and O–H groups in total. The van der Waals surface area contributed by atoms with Gasteiger partial charge in [-0.05, 0) is 13.0 Å². The first-order valence-corrected chi connectivity index (χ1v) is 3.84. The monoisotopic (exact) mass is 199 g/mol. The first-order valence-electron chi connectivity index (χ1n) is 3.46. The van der Waals surface area contributed by atoms with E-state index < -0.39 is 4.92 Å². The summed E-state index contributed by atoms with van der Waals surface area (Å²) in [5.41, 5.74) is 0.380. The van der Waals surface area contributed by atoms with Gasteiger partial charge in [-0.1, -0.05) is 17.7 Å². The maximum absolute atomic E-state index is 10.5. The molecule has 0 aliphatic carbocycles. The van der Waals surface area contributed by atoms with Crippen LogP contribution in [0.4, 0.5) is 5.69 Å². The average molecular weight is 200 g/mol. The fourth-order valence-corrected chi connectivity index (χ4v) is 1.32. The van der Waals surface area contributed by atoms with Crippen molar-refractivity contribution in [1.82, 2.24) is 0 Å². The third kappa shape index (κ3) is 1.67. The number of nitro benzene ring substituents is 1. The van der Waals surface area contributed by atoms with E-state index in [0.717, 1.165) is 0 Å². The summed E-state index contributed by atoms with van der Waals surface area (Å²) in [5.74, 6) is 0. The Labute approximate surface area is 79.3 Å². The molecule has 0 atom stereocenters. The second-order valence-corrected chi connectivity index (χ2v) is 2.89. The Hall–Kier alpha value is -1.42. The summed E-state index contributed by atoms with van der Waals surface area (Å²) in [7, 11) is 0. The molecule has 0 aliphatic rings. The predicted molar refractivity (Wildman–Crippen MR) is 48.2 cm³/mol. The highest BCUT2D eigenvalue weighted by molar-refractivity contribution is 6.35. The number of nitrogens with zero attached hydrogens (tertiary/aromatic N) is 1. The zero-order valence-corrected chi connectivity index (χ0v) is 7.54. The van der Waals surface area contributed by atoms with Crippen LogP contribution in [0.2, 0.25) is 5.02 Å². The van der Waals surface area contributed by atoms with Crippen molar-refractivity contribution in [1.29, 1.82) is 0 Å². The van der Waals surface area contributed by atoms with Gasteiger partial charge in [0.15, 0.2) is 6.29 Å². The average Bonchev–Trinajstić information content (AvgIpc) is 2.04. The lowest BCUT2D eigenvalue weighted by Crippen LogP contribution is -1.95. The van der Waals surface area contributed by atoms with E-state index in [9.17, 15) is 14.9 Å². The van der Waals surface area contributed by atoms with Gasteiger partial charge in [-0.2, -0.15) is 0 Å². The van der Waals surface area contributed by atoms with Crippen molar-refractivity contribution in [2.45, 2.75) is 6.92 Å². The highest BCUT2D eigenvalue weighted by atomic mass is 35.5. The van der Waals surface area contributed by atoms with Gasteiger partial charge in [0.1, 0.15) is 5.02 Å². The van der Waals surface area contributed by atoms with Crippen LogP contribution in [0.5, 0.6) is 0 Å². The number of halogens is 1. The van der Waals surface area contributed by atoms with Crippen molar-refractivity contribution < 1.29 is 9.72 Å². The maximum Gasteiger partial charge on any atom is 0.291 e. The van der Waals surface area contributed by atoms with Crippen molar-refractivity contribution in [2.75, 3.05) is 0 Å². The molecule has 0 saturated carbocycles. The smallest absolute Gasteiger partial charge is 0.291 e. The van der Waals surface area contributed by atoms with Crippen LogP contribution in [0.15, 0.2) is 12.1 Å². The van der Waals surface area contributed by atoms with Gasteiger partial charge in [-0.15, -0.1) is 0 Å². The summed E-state index contributed by atoms with van der Waals surface area (Å²) >= 11 is 5.64. The molecule has 4 nitrogen and oxygen atoms in total. The SMILES string of the molecule is Cc1ccc(C=O)c(Cl)c1[N+](=O)[O-]. The summed E-state index contributed by atoms with van der Waals surface area (Å²) in [5, 5.41) is 10.4. The summed E-state index contributed by atoms with van der Waals surface area (Å²) in [6, 6.07) is 2.95. The van der Waals surface area contributed by atoms with Crippen LogP contribution in [0.1, 0.15) is 15.9 Å². The quantitative estimate of drug-likeness (QED) is 0.417. The molecule has 0 aliphatic heterocycles. The second-order valence-electron chi connectivity index (χ2n) is 2.51. The Kier molecular flexibility index (Phi) is 2.63. The Morgan fingerprint density at radius 2 is 2.15 bits per heavy atom. The Bertz CT molecular complexity index is 376. The van der Waals surface area contributed by atoms with Gasteiger partial charge < -0.3 is 0 Å². The predicted octanol–water partition coefficient (Wildman–Crippen LogP) is 2.37. The van der Waals surface area contributed by atoms with E-state index in [4.69, 9.17) is 11.6 Å². The molecule has 5 heteroatoms. The van der Waals surface area contributed by atoms with E-state index in [-0.39, 0.29) is 16.3 Å². The van der Waals surface area contributed by atoms with E-state index in [1.165, 1.54) is 12.1 Å². The standard InChI is InChI=1S/C8H6ClNO3/c1-5-2-3-6(4-11)7(9)8(5)10(12)13/h2-4H,1H3. The van der Waals surface area contributed by atoms with E-state index in [1.54, 1.807) is 6.92 Å². The van der Waals surface area contributed by atoms with Crippen LogP contribution in [-0.4, -0.2) is 11.2 Å². The molecule has 68 valence electrons. The summed E-state index contributed by atoms with van der Waals surface area (Å²) in [6.45, 7) is 1.57. The molecule has 0 bridgehead atoms. The molecule has 0 saturated heterocycles.